The highest BCUT2D eigenvalue weighted by Gasteiger charge is 2.19. The molecule has 0 aromatic rings. The second-order valence-corrected chi connectivity index (χ2v) is 9.27. The zero-order valence-electron chi connectivity index (χ0n) is 28.6. The minimum atomic E-state index is -0.888. The van der Waals surface area contributed by atoms with Gasteiger partial charge in [-0.05, 0) is 6.92 Å². The van der Waals surface area contributed by atoms with E-state index in [2.05, 4.69) is 66.3 Å². The van der Waals surface area contributed by atoms with Gasteiger partial charge < -0.3 is 47.9 Å². The summed E-state index contributed by atoms with van der Waals surface area (Å²) in [5.41, 5.74) is 7.29. The van der Waals surface area contributed by atoms with Crippen LogP contribution in [0.25, 0.3) is 0 Å². The summed E-state index contributed by atoms with van der Waals surface area (Å²) in [6, 6.07) is 0. The number of hydrogen-bond donors (Lipinski definition) is 13. The molecule has 5 rings (SSSR count). The molecule has 13 N–H and O–H groups in total. The molecule has 0 saturated carbocycles. The summed E-state index contributed by atoms with van der Waals surface area (Å²) in [6.07, 6.45) is 1.83. The number of rotatable bonds is 11. The van der Waals surface area contributed by atoms with Gasteiger partial charge in [0.1, 0.15) is 45.5 Å². The average molecular weight is 783 g/mol. The van der Waals surface area contributed by atoms with Gasteiger partial charge in [-0.2, -0.15) is 0 Å². The lowest BCUT2D eigenvalue weighted by Gasteiger charge is -2.04. The predicted molar refractivity (Wildman–Crippen MR) is 187 cm³/mol. The van der Waals surface area contributed by atoms with Crippen LogP contribution in [0.4, 0.5) is 0 Å². The van der Waals surface area contributed by atoms with Crippen LogP contribution in [0.15, 0.2) is 62.2 Å². The van der Waals surface area contributed by atoms with Gasteiger partial charge in [0.2, 0.25) is 0 Å². The molecule has 34 nitrogen and oxygen atoms in total. The summed E-state index contributed by atoms with van der Waals surface area (Å²) in [7, 11) is 0. The largest absolute Gasteiger partial charge is 0.371 e. The molecule has 34 heteroatoms. The maximum absolute atomic E-state index is 10.1. The fourth-order valence-corrected chi connectivity index (χ4v) is 3.45. The van der Waals surface area contributed by atoms with Crippen LogP contribution in [0.1, 0.15) is 6.92 Å². The van der Waals surface area contributed by atoms with Crippen LogP contribution >= 0.6 is 0 Å². The lowest BCUT2D eigenvalue weighted by molar-refractivity contribution is -0.568. The predicted octanol–water partition coefficient (Wildman–Crippen LogP) is -4.56. The summed E-state index contributed by atoms with van der Waals surface area (Å²) in [5, 5.41) is 69.5. The van der Waals surface area contributed by atoms with Crippen molar-refractivity contribution in [1.29, 1.82) is 0 Å². The molecule has 0 bridgehead atoms. The van der Waals surface area contributed by atoms with Crippen molar-refractivity contribution in [2.24, 2.45) is 26.1 Å². The van der Waals surface area contributed by atoms with Crippen LogP contribution in [-0.2, 0) is 0 Å². The Hall–Kier alpha value is -7.39. The molecular formula is C20H42N22O12. The first-order valence-electron chi connectivity index (χ1n) is 15.0. The number of nitrogens with one attached hydrogen (secondary N) is 13. The van der Waals surface area contributed by atoms with Gasteiger partial charge in [-0.3, -0.25) is 4.99 Å². The molecule has 0 atom stereocenters. The third-order valence-corrected chi connectivity index (χ3v) is 5.47. The van der Waals surface area contributed by atoms with Crippen molar-refractivity contribution in [3.05, 3.63) is 96.1 Å². The third-order valence-electron chi connectivity index (χ3n) is 5.47. The smallest absolute Gasteiger partial charge is 0.267 e. The van der Waals surface area contributed by atoms with E-state index in [-0.39, 0.29) is 18.2 Å². The summed E-state index contributed by atoms with van der Waals surface area (Å²) in [5.74, 6) is 2.17. The molecule has 5 aliphatic rings. The maximum atomic E-state index is 10.1. The zero-order chi connectivity index (χ0) is 41.0. The first-order chi connectivity index (χ1) is 25.8. The van der Waals surface area contributed by atoms with E-state index >= 15 is 0 Å². The molecule has 0 spiro atoms. The van der Waals surface area contributed by atoms with Crippen LogP contribution in [-0.4, -0.2) is 104 Å². The average Bonchev–Trinajstić information content (AvgIpc) is 3.98. The van der Waals surface area contributed by atoms with E-state index in [1.54, 1.807) is 32.0 Å². The lowest BCUT2D eigenvalue weighted by Crippen LogP contribution is -2.38. The highest BCUT2D eigenvalue weighted by molar-refractivity contribution is 5.85. The highest BCUT2D eigenvalue weighted by atomic mass is 16.7. The van der Waals surface area contributed by atoms with E-state index in [1.807, 2.05) is 10.9 Å². The Labute approximate surface area is 303 Å². The Balaban J connectivity index is 0. The van der Waals surface area contributed by atoms with E-state index in [0.717, 1.165) is 51.6 Å². The topological polar surface area (TPSA) is 459 Å². The molecule has 54 heavy (non-hydrogen) atoms. The highest BCUT2D eigenvalue weighted by Crippen LogP contribution is 1.95. The molecule has 4 fully saturated rings. The summed E-state index contributed by atoms with van der Waals surface area (Å²) in [4.78, 5) is 77.4. The van der Waals surface area contributed by atoms with Crippen molar-refractivity contribution in [2.45, 2.75) is 13.1 Å². The molecule has 5 heterocycles. The Morgan fingerprint density at radius 1 is 0.704 bits per heavy atom. The fraction of sp³-hybridized carbons (Fsp3) is 0.650. The van der Waals surface area contributed by atoms with Gasteiger partial charge >= 0.3 is 0 Å². The second-order valence-electron chi connectivity index (χ2n) is 9.27. The summed E-state index contributed by atoms with van der Waals surface area (Å²) >= 11 is 0. The molecule has 4 saturated heterocycles. The first-order valence-corrected chi connectivity index (χ1v) is 15.0. The fourth-order valence-electron chi connectivity index (χ4n) is 3.45. The van der Waals surface area contributed by atoms with Crippen LogP contribution in [0, 0.1) is 60.1 Å². The molecule has 5 aliphatic heterocycles. The zero-order valence-corrected chi connectivity index (χ0v) is 28.6. The second kappa shape index (κ2) is 32.8. The van der Waals surface area contributed by atoms with E-state index in [4.69, 9.17) is 19.6 Å². The molecule has 304 valence electrons. The monoisotopic (exact) mass is 782 g/mol. The van der Waals surface area contributed by atoms with Gasteiger partial charge in [0, 0.05) is 58.9 Å². The molecule has 0 aromatic heterocycles. The first kappa shape index (κ1) is 48.7. The third kappa shape index (κ3) is 31.9. The Bertz CT molecular complexity index is 1230. The standard InChI is InChI=1S/C4H8N6O4.2C4H8N4O2.C4H10N2.C4H8N2.2N2O2/c11-9(12)7-4(8-10(13)14)3-5-1-2-6-3;2*9-8(10)7-3-4-5-1-2-6-4;2*1-4-5-2-3-6-4;2*3-1-2-4/h5-8H,1-2H2;7H,1-3H2,(H,5,6);3,5-7H,1-2H2;4-6H,2-3H2,1H3;5-6H,1-3H2;;. The molecule has 0 aromatic carbocycles. The van der Waals surface area contributed by atoms with E-state index in [9.17, 15) is 40.5 Å². The van der Waals surface area contributed by atoms with Crippen molar-refractivity contribution < 1.29 is 20.1 Å². The van der Waals surface area contributed by atoms with E-state index < -0.39 is 20.1 Å². The number of aliphatic imine (C=N–C) groups is 1. The number of hydrogen-bond acceptors (Lipinski definition) is 22. The van der Waals surface area contributed by atoms with Gasteiger partial charge in [-0.25, -0.2) is 40.5 Å². The SMILES string of the molecule is C=C1NCCN1.CC1NCCN1.O=NN=O.O=NN=O.O=[N+]([O-])NC(N[N+](=O)[O-])=C1NCCN1.O=[N+]([O-])NC=C1NCCN1.O=[N+]([O-])NCC1=NCCN1. The Kier molecular flexibility index (Phi) is 29.6. The number of nitro groups is 4. The van der Waals surface area contributed by atoms with Crippen molar-refractivity contribution in [3.8, 4) is 0 Å². The Morgan fingerprint density at radius 2 is 1.17 bits per heavy atom. The molecule has 0 unspecified atom stereocenters. The van der Waals surface area contributed by atoms with Gasteiger partial charge in [0.05, 0.1) is 18.5 Å². The number of nitrogens with zero attached hydrogens (tertiary/aromatic N) is 9. The van der Waals surface area contributed by atoms with Crippen molar-refractivity contribution >= 4 is 5.84 Å². The summed E-state index contributed by atoms with van der Waals surface area (Å²) < 4.78 is 0. The van der Waals surface area contributed by atoms with Gasteiger partial charge in [0.25, 0.3) is 5.82 Å². The van der Waals surface area contributed by atoms with Crippen molar-refractivity contribution in [2.75, 3.05) is 72.0 Å². The van der Waals surface area contributed by atoms with Crippen LogP contribution < -0.4 is 69.6 Å². The quantitative estimate of drug-likeness (QED) is 0.0533. The summed E-state index contributed by atoms with van der Waals surface area (Å²) in [6.45, 7) is 14.5. The number of nitroso groups, excluding NO2 is 4. The minimum absolute atomic E-state index is 0.187. The normalized spacial score (nSPS) is 15.1. The molecule has 0 radical (unpaired) electrons. The van der Waals surface area contributed by atoms with E-state index in [0.29, 0.717) is 37.5 Å². The van der Waals surface area contributed by atoms with Gasteiger partial charge in [-0.1, -0.05) is 17.4 Å². The minimum Gasteiger partial charge on any atom is -0.371 e. The van der Waals surface area contributed by atoms with Gasteiger partial charge in [-0.15, -0.1) is 30.5 Å². The molecular weight excluding hydrogens is 740 g/mol. The maximum Gasteiger partial charge on any atom is 0.267 e. The van der Waals surface area contributed by atoms with Crippen LogP contribution in [0.3, 0.4) is 0 Å². The van der Waals surface area contributed by atoms with Crippen LogP contribution in [0.5, 0.6) is 0 Å². The molecule has 0 aliphatic carbocycles. The van der Waals surface area contributed by atoms with E-state index in [1.165, 1.54) is 6.20 Å². The van der Waals surface area contributed by atoms with Crippen LogP contribution in [0.2, 0.25) is 0 Å². The lowest BCUT2D eigenvalue weighted by atomic mass is 10.6. The number of hydrazine groups is 4. The molecule has 0 amide bonds. The number of amidine groups is 1. The Morgan fingerprint density at radius 3 is 1.48 bits per heavy atom. The van der Waals surface area contributed by atoms with Crippen molar-refractivity contribution in [3.63, 3.8) is 0 Å². The van der Waals surface area contributed by atoms with Gasteiger partial charge in [0.15, 0.2) is 26.0 Å². The van der Waals surface area contributed by atoms with Crippen molar-refractivity contribution in [1.82, 2.24) is 69.6 Å².